The zero-order valence-electron chi connectivity index (χ0n) is 14.3. The molecular formula is C21H18N2O2S. The van der Waals surface area contributed by atoms with E-state index < -0.39 is 0 Å². The Morgan fingerprint density at radius 2 is 1.88 bits per heavy atom. The van der Waals surface area contributed by atoms with Gasteiger partial charge in [0.05, 0.1) is 17.7 Å². The van der Waals surface area contributed by atoms with Crippen molar-refractivity contribution in [3.05, 3.63) is 87.6 Å². The molecule has 26 heavy (non-hydrogen) atoms. The lowest BCUT2D eigenvalue weighted by molar-refractivity contribution is -0.123. The van der Waals surface area contributed by atoms with Crippen LogP contribution in [-0.4, -0.2) is 12.5 Å². The van der Waals surface area contributed by atoms with Crippen LogP contribution >= 0.6 is 11.3 Å². The fourth-order valence-electron chi connectivity index (χ4n) is 2.51. The number of ether oxygens (including phenoxy) is 1. The van der Waals surface area contributed by atoms with Crippen LogP contribution in [0.5, 0.6) is 5.75 Å². The van der Waals surface area contributed by atoms with Crippen molar-refractivity contribution < 1.29 is 9.53 Å². The standard InChI is InChI=1S/C21H18N2O2S/c1-15-4-8-17(9-5-15)21(19-3-2-12-26-19)23-20(24)14-25-18-10-6-16(13-22)7-11-18/h2-12,21H,14H2,1H3,(H,23,24)/t21-/m0/s1. The van der Waals surface area contributed by atoms with E-state index >= 15 is 0 Å². The molecule has 0 bridgehead atoms. The smallest absolute Gasteiger partial charge is 0.258 e. The van der Waals surface area contributed by atoms with Crippen LogP contribution in [0.25, 0.3) is 0 Å². The number of nitriles is 1. The minimum absolute atomic E-state index is 0.0837. The maximum absolute atomic E-state index is 12.4. The van der Waals surface area contributed by atoms with Gasteiger partial charge in [-0.15, -0.1) is 11.3 Å². The molecule has 0 unspecified atom stereocenters. The van der Waals surface area contributed by atoms with E-state index in [9.17, 15) is 4.79 Å². The Balaban J connectivity index is 1.67. The highest BCUT2D eigenvalue weighted by Crippen LogP contribution is 2.26. The lowest BCUT2D eigenvalue weighted by Crippen LogP contribution is -2.32. The minimum atomic E-state index is -0.201. The summed E-state index contributed by atoms with van der Waals surface area (Å²) in [6.07, 6.45) is 0. The Bertz CT molecular complexity index is 895. The van der Waals surface area contributed by atoms with Gasteiger partial charge in [0.15, 0.2) is 6.61 Å². The molecule has 4 nitrogen and oxygen atoms in total. The third kappa shape index (κ3) is 4.50. The number of aryl methyl sites for hydroxylation is 1. The second kappa shape index (κ2) is 8.32. The molecule has 3 aromatic rings. The normalized spacial score (nSPS) is 11.4. The molecule has 0 saturated carbocycles. The third-order valence-electron chi connectivity index (χ3n) is 3.90. The first kappa shape index (κ1) is 17.7. The predicted molar refractivity (Wildman–Crippen MR) is 102 cm³/mol. The van der Waals surface area contributed by atoms with E-state index in [1.165, 1.54) is 5.56 Å². The number of carbonyl (C=O) groups excluding carboxylic acids is 1. The molecule has 130 valence electrons. The van der Waals surface area contributed by atoms with Gasteiger partial charge in [0, 0.05) is 4.88 Å². The zero-order chi connectivity index (χ0) is 18.4. The molecule has 1 aromatic heterocycles. The Morgan fingerprint density at radius 3 is 2.50 bits per heavy atom. The summed E-state index contributed by atoms with van der Waals surface area (Å²) in [7, 11) is 0. The Morgan fingerprint density at radius 1 is 1.15 bits per heavy atom. The van der Waals surface area contributed by atoms with Gasteiger partial charge in [0.2, 0.25) is 0 Å². The van der Waals surface area contributed by atoms with Gasteiger partial charge in [-0.05, 0) is 48.2 Å². The number of hydrogen-bond acceptors (Lipinski definition) is 4. The number of thiophene rings is 1. The Kier molecular flexibility index (Phi) is 5.67. The molecule has 0 radical (unpaired) electrons. The van der Waals surface area contributed by atoms with E-state index in [0.29, 0.717) is 11.3 Å². The molecule has 0 aliphatic carbocycles. The van der Waals surface area contributed by atoms with Gasteiger partial charge < -0.3 is 10.1 Å². The zero-order valence-corrected chi connectivity index (χ0v) is 15.1. The van der Waals surface area contributed by atoms with E-state index in [1.807, 2.05) is 54.8 Å². The van der Waals surface area contributed by atoms with E-state index in [1.54, 1.807) is 35.6 Å². The second-order valence-corrected chi connectivity index (χ2v) is 6.83. The van der Waals surface area contributed by atoms with Crippen LogP contribution in [0.3, 0.4) is 0 Å². The highest BCUT2D eigenvalue weighted by molar-refractivity contribution is 7.10. The fourth-order valence-corrected chi connectivity index (χ4v) is 3.31. The highest BCUT2D eigenvalue weighted by atomic mass is 32.1. The van der Waals surface area contributed by atoms with Crippen molar-refractivity contribution >= 4 is 17.2 Å². The second-order valence-electron chi connectivity index (χ2n) is 5.85. The van der Waals surface area contributed by atoms with Gasteiger partial charge in [-0.3, -0.25) is 4.79 Å². The number of rotatable bonds is 6. The molecule has 2 aromatic carbocycles. The summed E-state index contributed by atoms with van der Waals surface area (Å²) in [5.41, 5.74) is 2.76. The summed E-state index contributed by atoms with van der Waals surface area (Å²) in [6.45, 7) is 1.95. The summed E-state index contributed by atoms with van der Waals surface area (Å²) < 4.78 is 5.52. The van der Waals surface area contributed by atoms with Crippen molar-refractivity contribution in [2.75, 3.05) is 6.61 Å². The third-order valence-corrected chi connectivity index (χ3v) is 4.83. The monoisotopic (exact) mass is 362 g/mol. The van der Waals surface area contributed by atoms with Crippen LogP contribution in [0.4, 0.5) is 0 Å². The molecule has 0 fully saturated rings. The topological polar surface area (TPSA) is 62.1 Å². The molecular weight excluding hydrogens is 344 g/mol. The van der Waals surface area contributed by atoms with E-state index in [2.05, 4.69) is 5.32 Å². The lowest BCUT2D eigenvalue weighted by atomic mass is 10.0. The molecule has 3 rings (SSSR count). The summed E-state index contributed by atoms with van der Waals surface area (Å²) in [4.78, 5) is 13.5. The largest absolute Gasteiger partial charge is 0.484 e. The van der Waals surface area contributed by atoms with Crippen molar-refractivity contribution in [3.63, 3.8) is 0 Å². The minimum Gasteiger partial charge on any atom is -0.484 e. The first-order valence-electron chi connectivity index (χ1n) is 8.18. The van der Waals surface area contributed by atoms with Crippen LogP contribution in [0.2, 0.25) is 0 Å². The molecule has 0 spiro atoms. The first-order valence-corrected chi connectivity index (χ1v) is 9.06. The molecule has 0 aliphatic heterocycles. The van der Waals surface area contributed by atoms with Gasteiger partial charge in [0.25, 0.3) is 5.91 Å². The number of hydrogen-bond donors (Lipinski definition) is 1. The van der Waals surface area contributed by atoms with Crippen molar-refractivity contribution in [1.82, 2.24) is 5.32 Å². The van der Waals surface area contributed by atoms with Gasteiger partial charge in [-0.2, -0.15) is 5.26 Å². The van der Waals surface area contributed by atoms with Crippen LogP contribution in [-0.2, 0) is 4.79 Å². The molecule has 1 N–H and O–H groups in total. The number of benzene rings is 2. The van der Waals surface area contributed by atoms with Gasteiger partial charge in [0.1, 0.15) is 5.75 Å². The Hall–Kier alpha value is -3.10. The van der Waals surface area contributed by atoms with Crippen LogP contribution in [0.15, 0.2) is 66.0 Å². The van der Waals surface area contributed by atoms with E-state index in [-0.39, 0.29) is 18.6 Å². The van der Waals surface area contributed by atoms with Crippen molar-refractivity contribution in [3.8, 4) is 11.8 Å². The van der Waals surface area contributed by atoms with Crippen molar-refractivity contribution in [2.45, 2.75) is 13.0 Å². The summed E-state index contributed by atoms with van der Waals surface area (Å²) in [5.74, 6) is 0.357. The van der Waals surface area contributed by atoms with Gasteiger partial charge in [-0.1, -0.05) is 35.9 Å². The number of nitrogens with one attached hydrogen (secondary N) is 1. The van der Waals surface area contributed by atoms with Gasteiger partial charge >= 0.3 is 0 Å². The maximum atomic E-state index is 12.4. The van der Waals surface area contributed by atoms with E-state index in [0.717, 1.165) is 10.4 Å². The predicted octanol–water partition coefficient (Wildman–Crippen LogP) is 4.21. The SMILES string of the molecule is Cc1ccc([C@H](NC(=O)COc2ccc(C#N)cc2)c2cccs2)cc1. The maximum Gasteiger partial charge on any atom is 0.258 e. The van der Waals surface area contributed by atoms with E-state index in [4.69, 9.17) is 10.00 Å². The quantitative estimate of drug-likeness (QED) is 0.714. The number of amides is 1. The molecule has 1 heterocycles. The van der Waals surface area contributed by atoms with Crippen LogP contribution < -0.4 is 10.1 Å². The highest BCUT2D eigenvalue weighted by Gasteiger charge is 2.18. The molecule has 1 amide bonds. The summed E-state index contributed by atoms with van der Waals surface area (Å²) in [6, 6.07) is 20.7. The summed E-state index contributed by atoms with van der Waals surface area (Å²) in [5, 5.41) is 13.8. The molecule has 5 heteroatoms. The average molecular weight is 362 g/mol. The van der Waals surface area contributed by atoms with Crippen LogP contribution in [0.1, 0.15) is 27.6 Å². The van der Waals surface area contributed by atoms with Crippen molar-refractivity contribution in [2.24, 2.45) is 0 Å². The fraction of sp³-hybridized carbons (Fsp3) is 0.143. The molecule has 0 aliphatic rings. The average Bonchev–Trinajstić information content (AvgIpc) is 3.20. The van der Waals surface area contributed by atoms with Crippen LogP contribution in [0, 0.1) is 18.3 Å². The molecule has 1 atom stereocenters. The lowest BCUT2D eigenvalue weighted by Gasteiger charge is -2.18. The molecule has 0 saturated heterocycles. The van der Waals surface area contributed by atoms with Crippen molar-refractivity contribution in [1.29, 1.82) is 5.26 Å². The number of carbonyl (C=O) groups is 1. The summed E-state index contributed by atoms with van der Waals surface area (Å²) >= 11 is 1.60. The first-order chi connectivity index (χ1) is 12.7. The Labute approximate surface area is 156 Å². The van der Waals surface area contributed by atoms with Gasteiger partial charge in [-0.25, -0.2) is 0 Å². The number of nitrogens with zero attached hydrogens (tertiary/aromatic N) is 1.